The van der Waals surface area contributed by atoms with Gasteiger partial charge in [-0.3, -0.25) is 0 Å². The smallest absolute Gasteiger partial charge is 0.0635 e. The summed E-state index contributed by atoms with van der Waals surface area (Å²) in [6.45, 7) is 0.863. The minimum atomic E-state index is 0.640. The highest BCUT2D eigenvalue weighted by atomic mass is 32.2. The van der Waals surface area contributed by atoms with Crippen LogP contribution in [-0.2, 0) is 0 Å². The number of nitrogens with zero attached hydrogens (tertiary/aromatic N) is 1. The zero-order valence-corrected chi connectivity index (χ0v) is 6.78. The van der Waals surface area contributed by atoms with Gasteiger partial charge in [0.05, 0.1) is 6.07 Å². The average molecular weight is 156 g/mol. The predicted octanol–water partition coefficient (Wildman–Crippen LogP) is 0.995. The molecule has 0 radical (unpaired) electrons. The molecule has 2 nitrogen and oxygen atoms in total. The molecule has 1 aliphatic heterocycles. The second-order valence-corrected chi connectivity index (χ2v) is 3.57. The molecule has 1 unspecified atom stereocenters. The Morgan fingerprint density at radius 2 is 2.60 bits per heavy atom. The lowest BCUT2D eigenvalue weighted by molar-refractivity contribution is 0.566. The van der Waals surface area contributed by atoms with Crippen LogP contribution >= 0.6 is 11.8 Å². The van der Waals surface area contributed by atoms with Crippen LogP contribution in [0, 0.1) is 11.3 Å². The van der Waals surface area contributed by atoms with Gasteiger partial charge in [0.2, 0.25) is 0 Å². The third-order valence-corrected chi connectivity index (χ3v) is 2.76. The van der Waals surface area contributed by atoms with Crippen molar-refractivity contribution in [3.63, 3.8) is 0 Å². The summed E-state index contributed by atoms with van der Waals surface area (Å²) in [5.41, 5.74) is 0. The van der Waals surface area contributed by atoms with E-state index in [1.165, 1.54) is 17.9 Å². The van der Waals surface area contributed by atoms with Crippen LogP contribution in [0.4, 0.5) is 0 Å². The van der Waals surface area contributed by atoms with E-state index < -0.39 is 0 Å². The lowest BCUT2D eigenvalue weighted by Crippen LogP contribution is -2.29. The number of nitrogens with one attached hydrogen (secondary N) is 1. The summed E-state index contributed by atoms with van der Waals surface area (Å²) in [6, 6.07) is 2.80. The Hall–Kier alpha value is -0.200. The highest BCUT2D eigenvalue weighted by molar-refractivity contribution is 7.99. The highest BCUT2D eigenvalue weighted by Crippen LogP contribution is 2.16. The van der Waals surface area contributed by atoms with Crippen LogP contribution in [0.1, 0.15) is 12.8 Å². The van der Waals surface area contributed by atoms with Crippen molar-refractivity contribution in [3.8, 4) is 6.07 Å². The van der Waals surface area contributed by atoms with Crippen molar-refractivity contribution >= 4 is 11.8 Å². The van der Waals surface area contributed by atoms with Crippen LogP contribution in [-0.4, -0.2) is 24.1 Å². The Morgan fingerprint density at radius 3 is 3.20 bits per heavy atom. The maximum absolute atomic E-state index is 8.24. The van der Waals surface area contributed by atoms with Crippen LogP contribution in [0.25, 0.3) is 0 Å². The molecule has 56 valence electrons. The van der Waals surface area contributed by atoms with E-state index >= 15 is 0 Å². The van der Waals surface area contributed by atoms with Gasteiger partial charge in [0, 0.05) is 24.8 Å². The number of nitriles is 1. The number of rotatable bonds is 3. The Kier molecular flexibility index (Phi) is 3.63. The van der Waals surface area contributed by atoms with Crippen molar-refractivity contribution in [1.29, 1.82) is 5.26 Å². The van der Waals surface area contributed by atoms with Gasteiger partial charge in [-0.25, -0.2) is 0 Å². The Morgan fingerprint density at radius 1 is 1.70 bits per heavy atom. The first-order chi connectivity index (χ1) is 4.93. The van der Waals surface area contributed by atoms with Crippen molar-refractivity contribution in [2.24, 2.45) is 0 Å². The third kappa shape index (κ3) is 2.59. The topological polar surface area (TPSA) is 35.8 Å². The summed E-state index contributed by atoms with van der Waals surface area (Å²) in [4.78, 5) is 0. The van der Waals surface area contributed by atoms with Gasteiger partial charge in [-0.05, 0) is 12.2 Å². The van der Waals surface area contributed by atoms with E-state index in [0.717, 1.165) is 6.54 Å². The van der Waals surface area contributed by atoms with E-state index in [-0.39, 0.29) is 0 Å². The van der Waals surface area contributed by atoms with Gasteiger partial charge in [0.1, 0.15) is 0 Å². The van der Waals surface area contributed by atoms with Crippen LogP contribution in [0.15, 0.2) is 0 Å². The van der Waals surface area contributed by atoms with Crippen molar-refractivity contribution < 1.29 is 0 Å². The lowest BCUT2D eigenvalue weighted by Gasteiger charge is -2.07. The molecular formula is C7H12N2S. The molecule has 3 heteroatoms. The van der Waals surface area contributed by atoms with Gasteiger partial charge in [0.15, 0.2) is 0 Å². The molecular weight excluding hydrogens is 144 g/mol. The largest absolute Gasteiger partial charge is 0.312 e. The van der Waals surface area contributed by atoms with Crippen molar-refractivity contribution in [1.82, 2.24) is 5.32 Å². The summed E-state index contributed by atoms with van der Waals surface area (Å²) in [7, 11) is 0. The fourth-order valence-corrected chi connectivity index (χ4v) is 2.21. The predicted molar refractivity (Wildman–Crippen MR) is 44.0 cm³/mol. The quantitative estimate of drug-likeness (QED) is 0.619. The van der Waals surface area contributed by atoms with Crippen molar-refractivity contribution in [2.45, 2.75) is 18.9 Å². The Balaban J connectivity index is 1.97. The van der Waals surface area contributed by atoms with E-state index in [1.54, 1.807) is 0 Å². The van der Waals surface area contributed by atoms with E-state index in [2.05, 4.69) is 11.4 Å². The zero-order chi connectivity index (χ0) is 7.23. The number of hydrogen-bond donors (Lipinski definition) is 1. The molecule has 0 amide bonds. The molecule has 0 aromatic rings. The summed E-state index contributed by atoms with van der Waals surface area (Å²) in [5.74, 6) is 2.51. The van der Waals surface area contributed by atoms with E-state index in [4.69, 9.17) is 5.26 Å². The van der Waals surface area contributed by atoms with E-state index in [9.17, 15) is 0 Å². The van der Waals surface area contributed by atoms with Crippen molar-refractivity contribution in [3.05, 3.63) is 0 Å². The standard InChI is InChI=1S/C7H12N2S/c8-3-1-4-9-7-2-5-10-6-7/h7,9H,1-2,4-6H2. The van der Waals surface area contributed by atoms with Gasteiger partial charge >= 0.3 is 0 Å². The molecule has 1 atom stereocenters. The fourth-order valence-electron chi connectivity index (χ4n) is 1.03. The molecule has 0 spiro atoms. The monoisotopic (exact) mass is 156 g/mol. The first-order valence-corrected chi connectivity index (χ1v) is 4.77. The van der Waals surface area contributed by atoms with Crippen LogP contribution < -0.4 is 5.32 Å². The molecule has 1 saturated heterocycles. The molecule has 0 bridgehead atoms. The van der Waals surface area contributed by atoms with Crippen molar-refractivity contribution in [2.75, 3.05) is 18.1 Å². The number of hydrogen-bond acceptors (Lipinski definition) is 3. The summed E-state index contributed by atoms with van der Waals surface area (Å²) < 4.78 is 0. The maximum Gasteiger partial charge on any atom is 0.0635 e. The molecule has 1 N–H and O–H groups in total. The van der Waals surface area contributed by atoms with Crippen LogP contribution in [0.3, 0.4) is 0 Å². The van der Waals surface area contributed by atoms with Gasteiger partial charge in [-0.2, -0.15) is 17.0 Å². The zero-order valence-electron chi connectivity index (χ0n) is 5.97. The third-order valence-electron chi connectivity index (χ3n) is 1.60. The van der Waals surface area contributed by atoms with Gasteiger partial charge in [-0.1, -0.05) is 0 Å². The second-order valence-electron chi connectivity index (χ2n) is 2.42. The molecule has 10 heavy (non-hydrogen) atoms. The Labute approximate surface area is 66.0 Å². The molecule has 0 aromatic heterocycles. The second kappa shape index (κ2) is 4.59. The summed E-state index contributed by atoms with van der Waals surface area (Å²) in [6.07, 6.45) is 1.91. The van der Waals surface area contributed by atoms with Gasteiger partial charge in [-0.15, -0.1) is 0 Å². The molecule has 1 rings (SSSR count). The Bertz CT molecular complexity index is 124. The number of thioether (sulfide) groups is 1. The average Bonchev–Trinajstić information content (AvgIpc) is 2.41. The maximum atomic E-state index is 8.24. The molecule has 0 aliphatic carbocycles. The molecule has 0 saturated carbocycles. The highest BCUT2D eigenvalue weighted by Gasteiger charge is 2.13. The van der Waals surface area contributed by atoms with Gasteiger partial charge in [0.25, 0.3) is 0 Å². The minimum Gasteiger partial charge on any atom is -0.312 e. The van der Waals surface area contributed by atoms with Crippen LogP contribution in [0.2, 0.25) is 0 Å². The van der Waals surface area contributed by atoms with Crippen LogP contribution in [0.5, 0.6) is 0 Å². The fraction of sp³-hybridized carbons (Fsp3) is 0.857. The molecule has 1 fully saturated rings. The molecule has 1 aliphatic rings. The lowest BCUT2D eigenvalue weighted by atomic mass is 10.2. The first-order valence-electron chi connectivity index (χ1n) is 3.61. The normalized spacial score (nSPS) is 24.5. The van der Waals surface area contributed by atoms with E-state index in [0.29, 0.717) is 12.5 Å². The summed E-state index contributed by atoms with van der Waals surface area (Å²) in [5, 5.41) is 11.6. The van der Waals surface area contributed by atoms with Gasteiger partial charge < -0.3 is 5.32 Å². The SMILES string of the molecule is N#CCCNC1CCSC1. The molecule has 0 aromatic carbocycles. The first kappa shape index (κ1) is 7.90. The minimum absolute atomic E-state index is 0.640. The summed E-state index contributed by atoms with van der Waals surface area (Å²) >= 11 is 1.99. The molecule has 1 heterocycles. The van der Waals surface area contributed by atoms with E-state index in [1.807, 2.05) is 11.8 Å².